The second-order valence-electron chi connectivity index (χ2n) is 7.74. The SMILES string of the molecule is COC(=O)c1ccnc2ccc(-c3ccc(OCCNC(C)(C)C)cc3)cc12.O=CO. The van der Waals surface area contributed by atoms with Crippen LogP contribution in [-0.4, -0.2) is 48.3 Å². The van der Waals surface area contributed by atoms with E-state index in [9.17, 15) is 4.79 Å². The van der Waals surface area contributed by atoms with Gasteiger partial charge in [-0.15, -0.1) is 0 Å². The highest BCUT2D eigenvalue weighted by Gasteiger charge is 2.12. The number of carboxylic acid groups (broad SMARTS) is 1. The maximum atomic E-state index is 12.0. The Balaban J connectivity index is 0.00000107. The molecule has 0 unspecified atom stereocenters. The number of aromatic nitrogens is 1. The van der Waals surface area contributed by atoms with Crippen molar-refractivity contribution >= 4 is 23.3 Å². The van der Waals surface area contributed by atoms with Crippen LogP contribution in [0.25, 0.3) is 22.0 Å². The number of ether oxygens (including phenoxy) is 2. The summed E-state index contributed by atoms with van der Waals surface area (Å²) in [6, 6.07) is 15.5. The number of esters is 1. The fourth-order valence-corrected chi connectivity index (χ4v) is 2.95. The molecule has 2 N–H and O–H groups in total. The molecule has 0 saturated heterocycles. The zero-order valence-electron chi connectivity index (χ0n) is 18.2. The number of pyridine rings is 1. The molecule has 0 aliphatic rings. The number of nitrogens with zero attached hydrogens (tertiary/aromatic N) is 1. The molecule has 0 saturated carbocycles. The van der Waals surface area contributed by atoms with E-state index < -0.39 is 0 Å². The van der Waals surface area contributed by atoms with Gasteiger partial charge in [0.15, 0.2) is 0 Å². The Bertz CT molecular complexity index is 1010. The van der Waals surface area contributed by atoms with E-state index in [2.05, 4.69) is 31.1 Å². The summed E-state index contributed by atoms with van der Waals surface area (Å²) in [7, 11) is 1.38. The first kappa shape index (κ1) is 23.8. The number of carbonyl (C=O) groups excluding carboxylic acids is 1. The molecule has 2 aromatic carbocycles. The van der Waals surface area contributed by atoms with Gasteiger partial charge in [-0.25, -0.2) is 4.79 Å². The minimum atomic E-state index is -0.364. The maximum Gasteiger partial charge on any atom is 0.338 e. The van der Waals surface area contributed by atoms with Crippen LogP contribution >= 0.6 is 0 Å². The van der Waals surface area contributed by atoms with E-state index in [4.69, 9.17) is 19.4 Å². The quantitative estimate of drug-likeness (QED) is 0.348. The minimum absolute atomic E-state index is 0.0845. The zero-order valence-corrected chi connectivity index (χ0v) is 18.2. The van der Waals surface area contributed by atoms with Gasteiger partial charge in [0, 0.05) is 23.7 Å². The average molecular weight is 424 g/mol. The van der Waals surface area contributed by atoms with Crippen molar-refractivity contribution < 1.29 is 24.2 Å². The van der Waals surface area contributed by atoms with Crippen LogP contribution in [0.4, 0.5) is 0 Å². The third kappa shape index (κ3) is 7.08. The van der Waals surface area contributed by atoms with E-state index in [-0.39, 0.29) is 18.0 Å². The molecule has 164 valence electrons. The largest absolute Gasteiger partial charge is 0.492 e. The number of hydrogen-bond acceptors (Lipinski definition) is 6. The third-order valence-electron chi connectivity index (χ3n) is 4.36. The summed E-state index contributed by atoms with van der Waals surface area (Å²) in [6.45, 7) is 7.55. The number of nitrogens with one attached hydrogen (secondary N) is 1. The van der Waals surface area contributed by atoms with Gasteiger partial charge in [0.25, 0.3) is 6.47 Å². The molecule has 0 radical (unpaired) electrons. The summed E-state index contributed by atoms with van der Waals surface area (Å²) >= 11 is 0. The van der Waals surface area contributed by atoms with Gasteiger partial charge in [0.2, 0.25) is 0 Å². The summed E-state index contributed by atoms with van der Waals surface area (Å²) in [6.07, 6.45) is 1.62. The number of rotatable bonds is 6. The van der Waals surface area contributed by atoms with E-state index in [1.165, 1.54) is 7.11 Å². The summed E-state index contributed by atoms with van der Waals surface area (Å²) in [5, 5.41) is 11.1. The number of carbonyl (C=O) groups is 2. The average Bonchev–Trinajstić information content (AvgIpc) is 2.76. The first-order valence-corrected chi connectivity index (χ1v) is 9.82. The Morgan fingerprint density at radius 2 is 1.74 bits per heavy atom. The number of fused-ring (bicyclic) bond motifs is 1. The molecule has 0 aliphatic heterocycles. The summed E-state index contributed by atoms with van der Waals surface area (Å²) in [5.41, 5.74) is 3.41. The molecule has 31 heavy (non-hydrogen) atoms. The minimum Gasteiger partial charge on any atom is -0.492 e. The highest BCUT2D eigenvalue weighted by molar-refractivity contribution is 6.04. The van der Waals surface area contributed by atoms with Crippen molar-refractivity contribution in [3.63, 3.8) is 0 Å². The molecule has 0 atom stereocenters. The van der Waals surface area contributed by atoms with Gasteiger partial charge in [0.05, 0.1) is 18.2 Å². The summed E-state index contributed by atoms with van der Waals surface area (Å²) in [4.78, 5) is 24.7. The van der Waals surface area contributed by atoms with Crippen molar-refractivity contribution in [2.45, 2.75) is 26.3 Å². The van der Waals surface area contributed by atoms with E-state index in [1.807, 2.05) is 42.5 Å². The molecule has 3 aromatic rings. The van der Waals surface area contributed by atoms with Gasteiger partial charge in [-0.1, -0.05) is 18.2 Å². The molecule has 7 heteroatoms. The summed E-state index contributed by atoms with van der Waals surface area (Å²) < 4.78 is 10.7. The lowest BCUT2D eigenvalue weighted by Gasteiger charge is -2.20. The van der Waals surface area contributed by atoms with Crippen LogP contribution in [0.3, 0.4) is 0 Å². The van der Waals surface area contributed by atoms with E-state index in [1.54, 1.807) is 12.3 Å². The van der Waals surface area contributed by atoms with Crippen LogP contribution in [0.2, 0.25) is 0 Å². The third-order valence-corrected chi connectivity index (χ3v) is 4.36. The molecule has 0 spiro atoms. The van der Waals surface area contributed by atoms with Gasteiger partial charge >= 0.3 is 5.97 Å². The van der Waals surface area contributed by atoms with Crippen LogP contribution in [0, 0.1) is 0 Å². The number of benzene rings is 2. The standard InChI is InChI=1S/C23H26N2O3.CH2O2/c1-23(2,3)25-13-14-28-18-8-5-16(6-9-18)17-7-10-21-20(15-17)19(11-12-24-21)22(26)27-4;2-1-3/h5-12,15,25H,13-14H2,1-4H3;1H,(H,2,3). The molecular weight excluding hydrogens is 396 g/mol. The molecule has 0 bridgehead atoms. The Morgan fingerprint density at radius 1 is 1.10 bits per heavy atom. The Morgan fingerprint density at radius 3 is 2.35 bits per heavy atom. The molecule has 3 rings (SSSR count). The fourth-order valence-electron chi connectivity index (χ4n) is 2.95. The Kier molecular flexibility index (Phi) is 8.52. The molecular formula is C24H28N2O5. The number of methoxy groups -OCH3 is 1. The highest BCUT2D eigenvalue weighted by atomic mass is 16.5. The predicted molar refractivity (Wildman–Crippen MR) is 120 cm³/mol. The first-order valence-electron chi connectivity index (χ1n) is 9.82. The normalized spacial score (nSPS) is 10.7. The number of hydrogen-bond donors (Lipinski definition) is 2. The van der Waals surface area contributed by atoms with Crippen molar-refractivity contribution in [1.29, 1.82) is 0 Å². The van der Waals surface area contributed by atoms with Gasteiger partial charge in [-0.05, 0) is 62.2 Å². The lowest BCUT2D eigenvalue weighted by atomic mass is 10.0. The summed E-state index contributed by atoms with van der Waals surface area (Å²) in [5.74, 6) is 0.467. The van der Waals surface area contributed by atoms with Gasteiger partial charge in [0.1, 0.15) is 12.4 Å². The molecule has 0 aliphatic carbocycles. The molecule has 1 heterocycles. The highest BCUT2D eigenvalue weighted by Crippen LogP contribution is 2.27. The molecule has 1 aromatic heterocycles. The predicted octanol–water partition coefficient (Wildman–Crippen LogP) is 4.16. The van der Waals surface area contributed by atoms with Gasteiger partial charge in [-0.2, -0.15) is 0 Å². The van der Waals surface area contributed by atoms with Gasteiger partial charge in [-0.3, -0.25) is 9.78 Å². The van der Waals surface area contributed by atoms with Crippen LogP contribution in [0.5, 0.6) is 5.75 Å². The van der Waals surface area contributed by atoms with Crippen LogP contribution in [0.15, 0.2) is 54.7 Å². The Hall–Kier alpha value is -3.45. The zero-order chi connectivity index (χ0) is 22.9. The van der Waals surface area contributed by atoms with E-state index >= 15 is 0 Å². The van der Waals surface area contributed by atoms with Crippen LogP contribution < -0.4 is 10.1 Å². The second-order valence-corrected chi connectivity index (χ2v) is 7.74. The lowest BCUT2D eigenvalue weighted by Crippen LogP contribution is -2.38. The smallest absolute Gasteiger partial charge is 0.338 e. The van der Waals surface area contributed by atoms with E-state index in [0.717, 1.165) is 34.3 Å². The Labute approximate surface area is 182 Å². The van der Waals surface area contributed by atoms with Crippen molar-refractivity contribution in [2.75, 3.05) is 20.3 Å². The monoisotopic (exact) mass is 424 g/mol. The second kappa shape index (κ2) is 11.1. The molecule has 0 fully saturated rings. The van der Waals surface area contributed by atoms with Crippen molar-refractivity contribution in [1.82, 2.24) is 10.3 Å². The van der Waals surface area contributed by atoms with Crippen LogP contribution in [-0.2, 0) is 9.53 Å². The van der Waals surface area contributed by atoms with E-state index in [0.29, 0.717) is 12.2 Å². The topological polar surface area (TPSA) is 97.8 Å². The lowest BCUT2D eigenvalue weighted by molar-refractivity contribution is -0.122. The van der Waals surface area contributed by atoms with Crippen molar-refractivity contribution in [3.8, 4) is 16.9 Å². The van der Waals surface area contributed by atoms with Crippen molar-refractivity contribution in [2.24, 2.45) is 0 Å². The van der Waals surface area contributed by atoms with Crippen LogP contribution in [0.1, 0.15) is 31.1 Å². The first-order chi connectivity index (χ1) is 14.8. The fraction of sp³-hybridized carbons (Fsp3) is 0.292. The molecule has 7 nitrogen and oxygen atoms in total. The van der Waals surface area contributed by atoms with Gasteiger partial charge < -0.3 is 19.9 Å². The molecule has 0 amide bonds. The van der Waals surface area contributed by atoms with Crippen molar-refractivity contribution in [3.05, 3.63) is 60.3 Å². The maximum absolute atomic E-state index is 12.0.